The minimum atomic E-state index is -1.82. The first-order chi connectivity index (χ1) is 12.9. The van der Waals surface area contributed by atoms with Crippen molar-refractivity contribution in [2.45, 2.75) is 85.2 Å². The summed E-state index contributed by atoms with van der Waals surface area (Å²) in [6.45, 7) is 22.6. The van der Waals surface area contributed by atoms with Gasteiger partial charge in [-0.3, -0.25) is 9.58 Å². The maximum absolute atomic E-state index is 9.60. The molecule has 1 heterocycles. The summed E-state index contributed by atoms with van der Waals surface area (Å²) in [4.78, 5) is 2.26. The number of aliphatic hydroxyl groups is 1. The van der Waals surface area contributed by atoms with Gasteiger partial charge in [0.2, 0.25) is 5.88 Å². The molecule has 28 heavy (non-hydrogen) atoms. The van der Waals surface area contributed by atoms with Gasteiger partial charge in [-0.25, -0.2) is 0 Å². The van der Waals surface area contributed by atoms with Gasteiger partial charge < -0.3 is 14.3 Å². The number of ether oxygens (including phenoxy) is 1. The second-order valence-corrected chi connectivity index (χ2v) is 14.8. The van der Waals surface area contributed by atoms with Crippen LogP contribution in [0.25, 0.3) is 0 Å². The van der Waals surface area contributed by atoms with Crippen LogP contribution in [0.2, 0.25) is 18.1 Å². The number of likely N-dealkylation sites (N-methyl/N-ethyl adjacent to an activating group) is 1. The van der Waals surface area contributed by atoms with Crippen molar-refractivity contribution in [2.24, 2.45) is 0 Å². The van der Waals surface area contributed by atoms with Crippen molar-refractivity contribution in [2.75, 3.05) is 26.4 Å². The summed E-state index contributed by atoms with van der Waals surface area (Å²) < 4.78 is 15.3. The number of aliphatic hydroxyl groups excluding tert-OH is 1. The van der Waals surface area contributed by atoms with Crippen molar-refractivity contribution >= 4 is 30.9 Å². The van der Waals surface area contributed by atoms with E-state index in [-0.39, 0.29) is 23.7 Å². The van der Waals surface area contributed by atoms with Crippen LogP contribution in [0.4, 0.5) is 0 Å². The molecule has 1 N–H and O–H groups in total. The molecule has 0 radical (unpaired) electrons. The van der Waals surface area contributed by atoms with Crippen molar-refractivity contribution in [3.8, 4) is 5.88 Å². The Bertz CT molecular complexity index is 617. The van der Waals surface area contributed by atoms with E-state index in [1.165, 1.54) is 0 Å². The van der Waals surface area contributed by atoms with Crippen molar-refractivity contribution in [1.82, 2.24) is 14.7 Å². The Balaban J connectivity index is 3.13. The van der Waals surface area contributed by atoms with E-state index in [4.69, 9.17) is 14.3 Å². The van der Waals surface area contributed by atoms with Crippen LogP contribution in [-0.2, 0) is 11.0 Å². The molecule has 0 aliphatic carbocycles. The van der Waals surface area contributed by atoms with Crippen LogP contribution in [0.15, 0.2) is 0 Å². The Kier molecular flexibility index (Phi) is 9.93. The molecule has 1 aromatic rings. The Hall–Kier alpha value is -0.163. The summed E-state index contributed by atoms with van der Waals surface area (Å²) in [5.41, 5.74) is 1.12. The molecule has 0 aromatic carbocycles. The maximum atomic E-state index is 9.60. The Morgan fingerprint density at radius 1 is 1.25 bits per heavy atom. The van der Waals surface area contributed by atoms with Crippen LogP contribution in [0.3, 0.4) is 0 Å². The van der Waals surface area contributed by atoms with E-state index in [1.807, 2.05) is 13.8 Å². The van der Waals surface area contributed by atoms with Gasteiger partial charge in [0, 0.05) is 12.6 Å². The van der Waals surface area contributed by atoms with Gasteiger partial charge in [0.05, 0.1) is 35.1 Å². The molecule has 0 aliphatic rings. The average molecular weight is 526 g/mol. The highest BCUT2D eigenvalue weighted by atomic mass is 127. The molecule has 2 atom stereocenters. The van der Waals surface area contributed by atoms with Crippen molar-refractivity contribution in [1.29, 1.82) is 0 Å². The first kappa shape index (κ1) is 25.9. The average Bonchev–Trinajstić information content (AvgIpc) is 2.92. The highest BCUT2D eigenvalue weighted by molar-refractivity contribution is 14.1. The number of aromatic nitrogens is 2. The molecule has 0 unspecified atom stereocenters. The predicted molar refractivity (Wildman–Crippen MR) is 127 cm³/mol. The molecule has 0 amide bonds. The van der Waals surface area contributed by atoms with Gasteiger partial charge in [0.15, 0.2) is 8.32 Å². The molecule has 0 fully saturated rings. The van der Waals surface area contributed by atoms with E-state index in [0.29, 0.717) is 19.1 Å². The minimum absolute atomic E-state index is 0.0958. The van der Waals surface area contributed by atoms with Crippen LogP contribution in [0, 0.1) is 3.57 Å². The van der Waals surface area contributed by atoms with Crippen LogP contribution in [0.5, 0.6) is 5.88 Å². The van der Waals surface area contributed by atoms with Gasteiger partial charge in [-0.15, -0.1) is 5.10 Å². The maximum Gasteiger partial charge on any atom is 0.246 e. The molecule has 8 heteroatoms. The quantitative estimate of drug-likeness (QED) is 0.336. The predicted octanol–water partition coefficient (Wildman–Crippen LogP) is 4.67. The molecule has 164 valence electrons. The zero-order chi connectivity index (χ0) is 21.7. The molecule has 0 saturated carbocycles. The van der Waals surface area contributed by atoms with Crippen molar-refractivity contribution in [3.63, 3.8) is 0 Å². The van der Waals surface area contributed by atoms with Crippen LogP contribution < -0.4 is 4.74 Å². The molecule has 0 spiro atoms. The number of hydrogen-bond acceptors (Lipinski definition) is 5. The van der Waals surface area contributed by atoms with Crippen LogP contribution in [-0.4, -0.2) is 60.5 Å². The van der Waals surface area contributed by atoms with E-state index in [2.05, 4.69) is 79.9 Å². The second-order valence-electron chi connectivity index (χ2n) is 8.96. The minimum Gasteiger partial charge on any atom is -0.476 e. The summed E-state index contributed by atoms with van der Waals surface area (Å²) in [5.74, 6) is 0.685. The standard InChI is InChI=1S/C20H40IN3O3Si/c1-10-23(15(3)13-25)12-17-18(21)19(26-11-2)22-24(17)16(4)14-27-28(8,9)20(5,6)7/h15-16,25H,10-14H2,1-9H3/t15-,16-/m0/s1. The topological polar surface area (TPSA) is 59.8 Å². The Morgan fingerprint density at radius 2 is 1.86 bits per heavy atom. The largest absolute Gasteiger partial charge is 0.476 e. The molecule has 0 bridgehead atoms. The normalized spacial score (nSPS) is 15.1. The van der Waals surface area contributed by atoms with E-state index >= 15 is 0 Å². The third-order valence-corrected chi connectivity index (χ3v) is 11.3. The lowest BCUT2D eigenvalue weighted by molar-refractivity contribution is 0.128. The van der Waals surface area contributed by atoms with E-state index in [9.17, 15) is 5.11 Å². The third kappa shape index (κ3) is 6.42. The van der Waals surface area contributed by atoms with Crippen molar-refractivity contribution in [3.05, 3.63) is 9.26 Å². The van der Waals surface area contributed by atoms with E-state index in [0.717, 1.165) is 22.4 Å². The lowest BCUT2D eigenvalue weighted by Crippen LogP contribution is -2.42. The monoisotopic (exact) mass is 525 g/mol. The Morgan fingerprint density at radius 3 is 2.32 bits per heavy atom. The SMILES string of the molecule is CCOc1nn([C@@H](C)CO[Si](C)(C)C(C)(C)C)c(CN(CC)[C@@H](C)CO)c1I. The van der Waals surface area contributed by atoms with Crippen LogP contribution in [0.1, 0.15) is 60.2 Å². The fraction of sp³-hybridized carbons (Fsp3) is 0.850. The first-order valence-corrected chi connectivity index (χ1v) is 14.3. The van der Waals surface area contributed by atoms with Crippen molar-refractivity contribution < 1.29 is 14.3 Å². The summed E-state index contributed by atoms with van der Waals surface area (Å²) >= 11 is 2.33. The summed E-state index contributed by atoms with van der Waals surface area (Å²) in [7, 11) is -1.82. The van der Waals surface area contributed by atoms with Gasteiger partial charge in [-0.1, -0.05) is 27.7 Å². The second kappa shape index (κ2) is 10.7. The zero-order valence-electron chi connectivity index (χ0n) is 19.2. The lowest BCUT2D eigenvalue weighted by Gasteiger charge is -2.37. The van der Waals surface area contributed by atoms with Gasteiger partial charge in [0.25, 0.3) is 0 Å². The molecule has 1 aromatic heterocycles. The van der Waals surface area contributed by atoms with Crippen LogP contribution >= 0.6 is 22.6 Å². The highest BCUT2D eigenvalue weighted by Gasteiger charge is 2.37. The molecule has 0 aliphatic heterocycles. The molecule has 6 nitrogen and oxygen atoms in total. The third-order valence-electron chi connectivity index (χ3n) is 5.75. The van der Waals surface area contributed by atoms with E-state index < -0.39 is 8.32 Å². The van der Waals surface area contributed by atoms with Gasteiger partial charge >= 0.3 is 0 Å². The first-order valence-electron chi connectivity index (χ1n) is 10.3. The lowest BCUT2D eigenvalue weighted by atomic mass is 10.2. The van der Waals surface area contributed by atoms with Gasteiger partial charge in [0.1, 0.15) is 0 Å². The van der Waals surface area contributed by atoms with E-state index in [1.54, 1.807) is 0 Å². The molecular formula is C20H40IN3O3Si. The summed E-state index contributed by atoms with van der Waals surface area (Å²) in [5, 5.41) is 14.5. The molecular weight excluding hydrogens is 485 g/mol. The molecule has 1 rings (SSSR count). The number of rotatable bonds is 11. The fourth-order valence-corrected chi connectivity index (χ4v) is 4.44. The summed E-state index contributed by atoms with van der Waals surface area (Å²) in [6, 6.07) is 0.202. The molecule has 0 saturated heterocycles. The highest BCUT2D eigenvalue weighted by Crippen LogP contribution is 2.37. The summed E-state index contributed by atoms with van der Waals surface area (Å²) in [6.07, 6.45) is 0. The zero-order valence-corrected chi connectivity index (χ0v) is 22.3. The number of halogens is 1. The number of hydrogen-bond donors (Lipinski definition) is 1. The van der Waals surface area contributed by atoms with Gasteiger partial charge in [-0.2, -0.15) is 0 Å². The number of nitrogens with zero attached hydrogens (tertiary/aromatic N) is 3. The Labute approximate surface area is 186 Å². The smallest absolute Gasteiger partial charge is 0.246 e. The fourth-order valence-electron chi connectivity index (χ4n) is 2.66. The van der Waals surface area contributed by atoms with Gasteiger partial charge in [-0.05, 0) is 68.0 Å².